The number of esters is 1. The van der Waals surface area contributed by atoms with Crippen LogP contribution < -0.4 is 9.47 Å². The van der Waals surface area contributed by atoms with Gasteiger partial charge in [0.15, 0.2) is 5.76 Å². The zero-order valence-corrected chi connectivity index (χ0v) is 14.0. The van der Waals surface area contributed by atoms with Crippen molar-refractivity contribution >= 4 is 17.8 Å². The van der Waals surface area contributed by atoms with Gasteiger partial charge in [-0.15, -0.1) is 0 Å². The van der Waals surface area contributed by atoms with E-state index in [0.29, 0.717) is 28.4 Å². The molecule has 124 valence electrons. The number of rotatable bonds is 2. The zero-order valence-electron chi connectivity index (χ0n) is 14.0. The molecular weight excluding hydrogens is 308 g/mol. The molecular formula is C19H18O5. The monoisotopic (exact) mass is 326 g/mol. The fourth-order valence-electron chi connectivity index (χ4n) is 2.23. The van der Waals surface area contributed by atoms with Gasteiger partial charge in [0.2, 0.25) is 5.78 Å². The first kappa shape index (κ1) is 16.1. The molecule has 2 aromatic rings. The van der Waals surface area contributed by atoms with Gasteiger partial charge in [-0.2, -0.15) is 0 Å². The quantitative estimate of drug-likeness (QED) is 0.471. The third-order valence-electron chi connectivity index (χ3n) is 3.67. The molecule has 0 saturated carbocycles. The number of ether oxygens (including phenoxy) is 2. The van der Waals surface area contributed by atoms with Gasteiger partial charge < -0.3 is 13.9 Å². The van der Waals surface area contributed by atoms with E-state index in [-0.39, 0.29) is 17.5 Å². The van der Waals surface area contributed by atoms with Crippen LogP contribution >= 0.6 is 0 Å². The Balaban J connectivity index is 1.93. The van der Waals surface area contributed by atoms with Gasteiger partial charge in [0, 0.05) is 11.6 Å². The molecule has 0 spiro atoms. The predicted octanol–water partition coefficient (Wildman–Crippen LogP) is 4.16. The molecule has 0 unspecified atom stereocenters. The van der Waals surface area contributed by atoms with E-state index >= 15 is 0 Å². The molecule has 1 aromatic carbocycles. The van der Waals surface area contributed by atoms with Crippen molar-refractivity contribution in [3.63, 3.8) is 0 Å². The van der Waals surface area contributed by atoms with Crippen LogP contribution in [0.3, 0.4) is 0 Å². The van der Waals surface area contributed by atoms with Crippen LogP contribution in [0, 0.1) is 12.3 Å². The summed E-state index contributed by atoms with van der Waals surface area (Å²) in [5.74, 6) is 0.947. The topological polar surface area (TPSA) is 65.7 Å². The normalized spacial score (nSPS) is 15.3. The standard InChI is InChI=1S/C19H18O5/c1-11-14(24-18(21)19(2,3)4)8-7-13-16(20)15(23-17(11)13)10-12-6-5-9-22-12/h5-10H,1-4H3/b15-10-. The number of ketones is 1. The lowest BCUT2D eigenvalue weighted by molar-refractivity contribution is -0.143. The summed E-state index contributed by atoms with van der Waals surface area (Å²) in [4.78, 5) is 24.5. The lowest BCUT2D eigenvalue weighted by atomic mass is 9.97. The van der Waals surface area contributed by atoms with Gasteiger partial charge in [-0.1, -0.05) is 0 Å². The third-order valence-corrected chi connectivity index (χ3v) is 3.67. The van der Waals surface area contributed by atoms with Crippen LogP contribution in [0.2, 0.25) is 0 Å². The highest BCUT2D eigenvalue weighted by Gasteiger charge is 2.32. The van der Waals surface area contributed by atoms with Gasteiger partial charge in [-0.3, -0.25) is 9.59 Å². The van der Waals surface area contributed by atoms with E-state index in [4.69, 9.17) is 13.9 Å². The Morgan fingerprint density at radius 2 is 1.96 bits per heavy atom. The number of carbonyl (C=O) groups is 2. The van der Waals surface area contributed by atoms with E-state index in [1.165, 1.54) is 6.26 Å². The average molecular weight is 326 g/mol. The molecule has 1 aliphatic rings. The van der Waals surface area contributed by atoms with Crippen LogP contribution in [-0.4, -0.2) is 11.8 Å². The first-order valence-electron chi connectivity index (χ1n) is 7.61. The average Bonchev–Trinajstić information content (AvgIpc) is 3.11. The van der Waals surface area contributed by atoms with E-state index in [2.05, 4.69) is 0 Å². The molecule has 24 heavy (non-hydrogen) atoms. The van der Waals surface area contributed by atoms with Crippen molar-refractivity contribution in [2.75, 3.05) is 0 Å². The maximum atomic E-state index is 12.4. The Morgan fingerprint density at radius 3 is 2.58 bits per heavy atom. The lowest BCUT2D eigenvalue weighted by Gasteiger charge is -2.17. The largest absolute Gasteiger partial charge is 0.465 e. The van der Waals surface area contributed by atoms with Gasteiger partial charge in [0.25, 0.3) is 0 Å². The smallest absolute Gasteiger partial charge is 0.316 e. The highest BCUT2D eigenvalue weighted by molar-refractivity contribution is 6.14. The Labute approximate surface area is 139 Å². The predicted molar refractivity (Wildman–Crippen MR) is 87.9 cm³/mol. The molecule has 2 heterocycles. The second kappa shape index (κ2) is 5.67. The summed E-state index contributed by atoms with van der Waals surface area (Å²) in [5, 5.41) is 0. The van der Waals surface area contributed by atoms with Crippen LogP contribution in [0.25, 0.3) is 6.08 Å². The van der Waals surface area contributed by atoms with E-state index in [9.17, 15) is 9.59 Å². The Kier molecular flexibility index (Phi) is 3.79. The highest BCUT2D eigenvalue weighted by atomic mass is 16.5. The SMILES string of the molecule is Cc1c(OC(=O)C(C)(C)C)ccc2c1O/C(=C\c1ccco1)C2=O. The second-order valence-electron chi connectivity index (χ2n) is 6.66. The minimum atomic E-state index is -0.619. The van der Waals surface area contributed by atoms with Crippen LogP contribution in [-0.2, 0) is 4.79 Å². The molecule has 0 N–H and O–H groups in total. The molecule has 1 aromatic heterocycles. The van der Waals surface area contributed by atoms with Crippen LogP contribution in [0.4, 0.5) is 0 Å². The van der Waals surface area contributed by atoms with Crippen molar-refractivity contribution in [2.45, 2.75) is 27.7 Å². The molecule has 0 bridgehead atoms. The van der Waals surface area contributed by atoms with Gasteiger partial charge >= 0.3 is 5.97 Å². The van der Waals surface area contributed by atoms with Crippen LogP contribution in [0.15, 0.2) is 40.7 Å². The fraction of sp³-hybridized carbons (Fsp3) is 0.263. The fourth-order valence-corrected chi connectivity index (χ4v) is 2.23. The maximum absolute atomic E-state index is 12.4. The lowest BCUT2D eigenvalue weighted by Crippen LogP contribution is -2.25. The number of furan rings is 1. The van der Waals surface area contributed by atoms with Crippen LogP contribution in [0.5, 0.6) is 11.5 Å². The van der Waals surface area contributed by atoms with E-state index in [1.807, 2.05) is 0 Å². The summed E-state index contributed by atoms with van der Waals surface area (Å²) in [5.41, 5.74) is 0.439. The Morgan fingerprint density at radius 1 is 1.21 bits per heavy atom. The second-order valence-corrected chi connectivity index (χ2v) is 6.66. The molecule has 0 saturated heterocycles. The van der Waals surface area contributed by atoms with Gasteiger partial charge in [0.1, 0.15) is 17.3 Å². The first-order valence-corrected chi connectivity index (χ1v) is 7.61. The van der Waals surface area contributed by atoms with Crippen molar-refractivity contribution in [1.29, 1.82) is 0 Å². The number of carbonyl (C=O) groups excluding carboxylic acids is 2. The number of benzene rings is 1. The minimum Gasteiger partial charge on any atom is -0.465 e. The first-order chi connectivity index (χ1) is 11.3. The third kappa shape index (κ3) is 2.85. The summed E-state index contributed by atoms with van der Waals surface area (Å²) in [6.45, 7) is 7.10. The number of allylic oxidation sites excluding steroid dienone is 1. The van der Waals surface area contributed by atoms with Crippen LogP contribution in [0.1, 0.15) is 42.5 Å². The van der Waals surface area contributed by atoms with Crippen molar-refractivity contribution in [3.05, 3.63) is 53.2 Å². The molecule has 0 aliphatic carbocycles. The molecule has 5 nitrogen and oxygen atoms in total. The molecule has 0 fully saturated rings. The van der Waals surface area contributed by atoms with Crippen molar-refractivity contribution in [3.8, 4) is 11.5 Å². The Bertz CT molecular complexity index is 835. The van der Waals surface area contributed by atoms with Crippen molar-refractivity contribution in [2.24, 2.45) is 5.41 Å². The Hall–Kier alpha value is -2.82. The summed E-state index contributed by atoms with van der Waals surface area (Å²) in [7, 11) is 0. The van der Waals surface area contributed by atoms with E-state index in [1.54, 1.807) is 58.0 Å². The van der Waals surface area contributed by atoms with Crippen molar-refractivity contribution < 1.29 is 23.5 Å². The minimum absolute atomic E-state index is 0.183. The van der Waals surface area contributed by atoms with E-state index < -0.39 is 5.41 Å². The summed E-state index contributed by atoms with van der Waals surface area (Å²) < 4.78 is 16.3. The van der Waals surface area contributed by atoms with E-state index in [0.717, 1.165) is 0 Å². The van der Waals surface area contributed by atoms with Gasteiger partial charge in [-0.25, -0.2) is 0 Å². The molecule has 5 heteroatoms. The molecule has 0 radical (unpaired) electrons. The number of fused-ring (bicyclic) bond motifs is 1. The number of hydrogen-bond donors (Lipinski definition) is 0. The van der Waals surface area contributed by atoms with Gasteiger partial charge in [0.05, 0.1) is 17.2 Å². The van der Waals surface area contributed by atoms with Crippen molar-refractivity contribution in [1.82, 2.24) is 0 Å². The maximum Gasteiger partial charge on any atom is 0.316 e. The summed E-state index contributed by atoms with van der Waals surface area (Å²) in [6, 6.07) is 6.69. The summed E-state index contributed by atoms with van der Waals surface area (Å²) >= 11 is 0. The highest BCUT2D eigenvalue weighted by Crippen LogP contribution is 2.39. The molecule has 0 amide bonds. The number of hydrogen-bond acceptors (Lipinski definition) is 5. The number of Topliss-reactive ketones (excluding diaryl/α,β-unsaturated/α-hetero) is 1. The van der Waals surface area contributed by atoms with Gasteiger partial charge in [-0.05, 0) is 52.0 Å². The summed E-state index contributed by atoms with van der Waals surface area (Å²) in [6.07, 6.45) is 3.07. The molecule has 1 aliphatic heterocycles. The zero-order chi connectivity index (χ0) is 17.5. The molecule has 3 rings (SSSR count). The molecule has 0 atom stereocenters.